The van der Waals surface area contributed by atoms with Crippen LogP contribution in [0.15, 0.2) is 48.5 Å². The molecule has 24 heavy (non-hydrogen) atoms. The molecule has 3 nitrogen and oxygen atoms in total. The van der Waals surface area contributed by atoms with E-state index in [2.05, 4.69) is 6.07 Å². The van der Waals surface area contributed by atoms with Crippen LogP contribution < -0.4 is 4.31 Å². The number of para-hydroxylation sites is 1. The molecule has 0 bridgehead atoms. The third-order valence-corrected chi connectivity index (χ3v) is 7.02. The number of benzene rings is 2. The summed E-state index contributed by atoms with van der Waals surface area (Å²) in [5.74, 6) is -0.577. The van der Waals surface area contributed by atoms with Crippen molar-refractivity contribution in [3.8, 4) is 0 Å². The highest BCUT2D eigenvalue weighted by Crippen LogP contribution is 2.51. The molecule has 1 heterocycles. The van der Waals surface area contributed by atoms with Crippen LogP contribution in [0.25, 0.3) is 0 Å². The van der Waals surface area contributed by atoms with Gasteiger partial charge in [-0.2, -0.15) is 0 Å². The predicted molar refractivity (Wildman–Crippen MR) is 93.0 cm³/mol. The van der Waals surface area contributed by atoms with Gasteiger partial charge in [0, 0.05) is 12.0 Å². The van der Waals surface area contributed by atoms with E-state index in [4.69, 9.17) is 0 Å². The van der Waals surface area contributed by atoms with E-state index in [1.165, 1.54) is 12.1 Å². The zero-order valence-electron chi connectivity index (χ0n) is 13.4. The summed E-state index contributed by atoms with van der Waals surface area (Å²) in [7, 11) is -3.54. The zero-order chi connectivity index (χ0) is 16.8. The maximum atomic E-state index is 13.4. The number of hydrogen-bond donors (Lipinski definition) is 0. The third-order valence-electron chi connectivity index (χ3n) is 5.32. The van der Waals surface area contributed by atoms with Crippen LogP contribution in [0.4, 0.5) is 10.1 Å². The van der Waals surface area contributed by atoms with Gasteiger partial charge < -0.3 is 0 Å². The standard InChI is InChI=1S/C19H20FNO2S/c20-16-7-5-6-15(12-16)13-24(22,23)21-14-19(10-3-4-11-19)17-8-1-2-9-18(17)21/h1-2,5-9,12H,3-4,10-11,13-14H2. The number of sulfonamides is 1. The topological polar surface area (TPSA) is 37.4 Å². The van der Waals surface area contributed by atoms with Crippen molar-refractivity contribution in [1.29, 1.82) is 0 Å². The number of nitrogens with zero attached hydrogens (tertiary/aromatic N) is 1. The Morgan fingerprint density at radius 2 is 1.79 bits per heavy atom. The lowest BCUT2D eigenvalue weighted by atomic mass is 9.81. The highest BCUT2D eigenvalue weighted by Gasteiger charge is 2.47. The summed E-state index contributed by atoms with van der Waals surface area (Å²) in [6.07, 6.45) is 4.37. The normalized spacial score (nSPS) is 19.0. The molecule has 0 aromatic heterocycles. The Hall–Kier alpha value is -1.88. The molecule has 1 saturated carbocycles. The van der Waals surface area contributed by atoms with Crippen LogP contribution >= 0.6 is 0 Å². The number of hydrogen-bond acceptors (Lipinski definition) is 2. The molecule has 4 rings (SSSR count). The van der Waals surface area contributed by atoms with Crippen molar-refractivity contribution in [3.05, 3.63) is 65.5 Å². The van der Waals surface area contributed by atoms with Crippen molar-refractivity contribution in [1.82, 2.24) is 0 Å². The third kappa shape index (κ3) is 2.51. The van der Waals surface area contributed by atoms with Gasteiger partial charge in [-0.05, 0) is 42.2 Å². The SMILES string of the molecule is O=S(=O)(Cc1cccc(F)c1)N1CC2(CCCC2)c2ccccc21. The van der Waals surface area contributed by atoms with Gasteiger partial charge in [-0.3, -0.25) is 4.31 Å². The van der Waals surface area contributed by atoms with Crippen molar-refractivity contribution in [2.45, 2.75) is 36.9 Å². The number of fused-ring (bicyclic) bond motifs is 2. The van der Waals surface area contributed by atoms with Crippen molar-refractivity contribution in [2.75, 3.05) is 10.8 Å². The number of rotatable bonds is 3. The minimum atomic E-state index is -3.54. The van der Waals surface area contributed by atoms with Crippen molar-refractivity contribution < 1.29 is 12.8 Å². The Morgan fingerprint density at radius 3 is 2.54 bits per heavy atom. The van der Waals surface area contributed by atoms with Gasteiger partial charge in [0.15, 0.2) is 0 Å². The van der Waals surface area contributed by atoms with Crippen LogP contribution in [0, 0.1) is 5.82 Å². The quantitative estimate of drug-likeness (QED) is 0.843. The second-order valence-electron chi connectivity index (χ2n) is 6.90. The zero-order valence-corrected chi connectivity index (χ0v) is 14.2. The van der Waals surface area contributed by atoms with Crippen molar-refractivity contribution in [2.24, 2.45) is 0 Å². The molecule has 5 heteroatoms. The lowest BCUT2D eigenvalue weighted by molar-refractivity contribution is 0.477. The summed E-state index contributed by atoms with van der Waals surface area (Å²) < 4.78 is 41.0. The maximum absolute atomic E-state index is 13.4. The predicted octanol–water partition coefficient (Wildman–Crippen LogP) is 3.99. The Labute approximate surface area is 142 Å². The molecule has 2 aromatic carbocycles. The molecule has 0 N–H and O–H groups in total. The smallest absolute Gasteiger partial charge is 0.239 e. The van der Waals surface area contributed by atoms with Crippen LogP contribution in [0.3, 0.4) is 0 Å². The average molecular weight is 345 g/mol. The minimum Gasteiger partial charge on any atom is -0.269 e. The summed E-state index contributed by atoms with van der Waals surface area (Å²) in [5, 5.41) is 0. The second-order valence-corrected chi connectivity index (χ2v) is 8.79. The van der Waals surface area contributed by atoms with Crippen LogP contribution in [0.1, 0.15) is 36.8 Å². The Kier molecular flexibility index (Phi) is 3.64. The first kappa shape index (κ1) is 15.6. The molecule has 1 aliphatic carbocycles. The van der Waals surface area contributed by atoms with Gasteiger partial charge in [0.1, 0.15) is 5.82 Å². The van der Waals surface area contributed by atoms with Gasteiger partial charge >= 0.3 is 0 Å². The largest absolute Gasteiger partial charge is 0.269 e. The van der Waals surface area contributed by atoms with Gasteiger partial charge in [-0.1, -0.05) is 43.2 Å². The van der Waals surface area contributed by atoms with Gasteiger partial charge in [-0.15, -0.1) is 0 Å². The molecule has 0 radical (unpaired) electrons. The first-order chi connectivity index (χ1) is 11.5. The van der Waals surface area contributed by atoms with E-state index in [-0.39, 0.29) is 11.2 Å². The van der Waals surface area contributed by atoms with E-state index in [0.29, 0.717) is 12.1 Å². The molecule has 1 aliphatic heterocycles. The van der Waals surface area contributed by atoms with Crippen LogP contribution in [0.5, 0.6) is 0 Å². The Bertz CT molecular complexity index is 872. The molecule has 0 atom stereocenters. The monoisotopic (exact) mass is 345 g/mol. The fourth-order valence-electron chi connectivity index (χ4n) is 4.23. The second kappa shape index (κ2) is 5.59. The van der Waals surface area contributed by atoms with Crippen LogP contribution in [-0.4, -0.2) is 15.0 Å². The Balaban J connectivity index is 1.71. The fraction of sp³-hybridized carbons (Fsp3) is 0.368. The fourth-order valence-corrected chi connectivity index (χ4v) is 5.89. The van der Waals surface area contributed by atoms with Crippen molar-refractivity contribution in [3.63, 3.8) is 0 Å². The highest BCUT2D eigenvalue weighted by atomic mass is 32.2. The van der Waals surface area contributed by atoms with E-state index >= 15 is 0 Å². The minimum absolute atomic E-state index is 0.0361. The van der Waals surface area contributed by atoms with E-state index < -0.39 is 15.8 Å². The Morgan fingerprint density at radius 1 is 1.04 bits per heavy atom. The van der Waals surface area contributed by atoms with Gasteiger partial charge in [0.25, 0.3) is 0 Å². The number of halogens is 1. The summed E-state index contributed by atoms with van der Waals surface area (Å²) in [4.78, 5) is 0. The first-order valence-electron chi connectivity index (χ1n) is 8.35. The molecule has 0 unspecified atom stereocenters. The lowest BCUT2D eigenvalue weighted by Gasteiger charge is -2.25. The summed E-state index contributed by atoms with van der Waals surface area (Å²) >= 11 is 0. The molecular formula is C19H20FNO2S. The van der Waals surface area contributed by atoms with Gasteiger partial charge in [0.05, 0.1) is 11.4 Å². The average Bonchev–Trinajstić information content (AvgIpc) is 3.14. The van der Waals surface area contributed by atoms with Crippen LogP contribution in [0.2, 0.25) is 0 Å². The van der Waals surface area contributed by atoms with Crippen molar-refractivity contribution >= 4 is 15.7 Å². The molecule has 1 fully saturated rings. The molecule has 2 aromatic rings. The molecule has 2 aliphatic rings. The molecule has 0 amide bonds. The molecular weight excluding hydrogens is 325 g/mol. The van der Waals surface area contributed by atoms with Gasteiger partial charge in [0.2, 0.25) is 10.0 Å². The summed E-state index contributed by atoms with van der Waals surface area (Å²) in [5.41, 5.74) is 2.41. The van der Waals surface area contributed by atoms with E-state index in [1.54, 1.807) is 16.4 Å². The summed E-state index contributed by atoms with van der Waals surface area (Å²) in [6.45, 7) is 0.518. The van der Waals surface area contributed by atoms with E-state index in [9.17, 15) is 12.8 Å². The van der Waals surface area contributed by atoms with Gasteiger partial charge in [-0.25, -0.2) is 12.8 Å². The lowest BCUT2D eigenvalue weighted by Crippen LogP contribution is -2.36. The molecule has 126 valence electrons. The van der Waals surface area contributed by atoms with Crippen LogP contribution in [-0.2, 0) is 21.2 Å². The highest BCUT2D eigenvalue weighted by molar-refractivity contribution is 7.92. The first-order valence-corrected chi connectivity index (χ1v) is 9.96. The summed E-state index contributed by atoms with van der Waals surface area (Å²) in [6, 6.07) is 13.7. The molecule has 0 saturated heterocycles. The van der Waals surface area contributed by atoms with E-state index in [0.717, 1.165) is 36.9 Å². The molecule has 1 spiro atoms. The van der Waals surface area contributed by atoms with E-state index in [1.807, 2.05) is 18.2 Å². The number of anilines is 1. The maximum Gasteiger partial charge on any atom is 0.239 e.